The van der Waals surface area contributed by atoms with Gasteiger partial charge in [0, 0.05) is 45.0 Å². The van der Waals surface area contributed by atoms with E-state index < -0.39 is 10.0 Å². The van der Waals surface area contributed by atoms with Crippen LogP contribution in [0.1, 0.15) is 57.6 Å². The molecule has 3 rings (SSSR count). The maximum atomic E-state index is 12.0. The van der Waals surface area contributed by atoms with Gasteiger partial charge in [-0.15, -0.1) is 0 Å². The number of nitrogens with zero attached hydrogens (tertiary/aromatic N) is 3. The molecule has 1 amide bonds. The average molecular weight is 466 g/mol. The Hall–Kier alpha value is -1.80. The predicted molar refractivity (Wildman–Crippen MR) is 128 cm³/mol. The molecule has 0 aromatic heterocycles. The van der Waals surface area contributed by atoms with Crippen molar-refractivity contribution in [2.24, 2.45) is 5.92 Å². The number of rotatable bonds is 8. The number of piperidine rings is 1. The van der Waals surface area contributed by atoms with Crippen LogP contribution < -0.4 is 4.90 Å². The summed E-state index contributed by atoms with van der Waals surface area (Å²) < 4.78 is 30.6. The molecule has 0 aliphatic carbocycles. The topological polar surface area (TPSA) is 70.2 Å². The monoisotopic (exact) mass is 465 g/mol. The highest BCUT2D eigenvalue weighted by molar-refractivity contribution is 7.88. The second-order valence-electron chi connectivity index (χ2n) is 9.38. The van der Waals surface area contributed by atoms with Crippen molar-refractivity contribution in [1.82, 2.24) is 9.21 Å². The molecule has 8 heteroatoms. The normalized spacial score (nSPS) is 18.0. The number of carbonyl (C=O) groups excluding carboxylic acids is 1. The van der Waals surface area contributed by atoms with E-state index in [0.29, 0.717) is 19.0 Å². The number of benzene rings is 1. The predicted octanol–water partition coefficient (Wildman–Crippen LogP) is 3.87. The fourth-order valence-electron chi connectivity index (χ4n) is 4.71. The lowest BCUT2D eigenvalue weighted by Crippen LogP contribution is -2.39. The quantitative estimate of drug-likeness (QED) is 0.583. The van der Waals surface area contributed by atoms with Crippen LogP contribution in [0.25, 0.3) is 0 Å². The van der Waals surface area contributed by atoms with Crippen LogP contribution >= 0.6 is 0 Å². The number of fused-ring (bicyclic) bond motifs is 1. The third-order valence-electron chi connectivity index (χ3n) is 6.63. The first-order valence-corrected chi connectivity index (χ1v) is 13.8. The zero-order valence-electron chi connectivity index (χ0n) is 20.0. The Kier molecular flexibility index (Phi) is 8.44. The molecule has 0 unspecified atom stereocenters. The van der Waals surface area contributed by atoms with Gasteiger partial charge in [-0.1, -0.05) is 6.07 Å². The number of hydrogen-bond donors (Lipinski definition) is 0. The van der Waals surface area contributed by atoms with Crippen molar-refractivity contribution in [2.45, 2.75) is 65.5 Å². The van der Waals surface area contributed by atoms with Gasteiger partial charge in [0.25, 0.3) is 0 Å². The smallest absolute Gasteiger partial charge is 0.410 e. The second kappa shape index (κ2) is 10.9. The Morgan fingerprint density at radius 3 is 2.53 bits per heavy atom. The fourth-order valence-corrected chi connectivity index (χ4v) is 5.51. The van der Waals surface area contributed by atoms with E-state index in [1.165, 1.54) is 23.9 Å². The number of sulfonamides is 1. The zero-order valence-corrected chi connectivity index (χ0v) is 20.9. The zero-order chi connectivity index (χ0) is 23.3. The van der Waals surface area contributed by atoms with Crippen LogP contribution in [0.3, 0.4) is 0 Å². The van der Waals surface area contributed by atoms with Crippen molar-refractivity contribution in [3.05, 3.63) is 29.3 Å². The summed E-state index contributed by atoms with van der Waals surface area (Å²) in [5.41, 5.74) is 3.61. The molecule has 2 aliphatic rings. The van der Waals surface area contributed by atoms with E-state index in [9.17, 15) is 13.2 Å². The molecular formula is C24H39N3O4S. The maximum Gasteiger partial charge on any atom is 0.410 e. The molecule has 0 radical (unpaired) electrons. The molecule has 0 N–H and O–H groups in total. The third kappa shape index (κ3) is 6.61. The van der Waals surface area contributed by atoms with Gasteiger partial charge < -0.3 is 14.5 Å². The summed E-state index contributed by atoms with van der Waals surface area (Å²) in [7, 11) is -3.14. The molecule has 32 heavy (non-hydrogen) atoms. The van der Waals surface area contributed by atoms with Gasteiger partial charge >= 0.3 is 6.09 Å². The fraction of sp³-hybridized carbons (Fsp3) is 0.708. The lowest BCUT2D eigenvalue weighted by molar-refractivity contribution is 0.0647. The molecular weight excluding hydrogens is 426 g/mol. The second-order valence-corrected chi connectivity index (χ2v) is 11.4. The third-order valence-corrected chi connectivity index (χ3v) is 7.88. The molecule has 7 nitrogen and oxygen atoms in total. The van der Waals surface area contributed by atoms with Gasteiger partial charge in [-0.05, 0) is 82.1 Å². The standard InChI is InChI=1S/C24H39N3O4S/c1-5-25(13-6-7-20-10-14-26(15-11-20)24(28)31-19(2)3)23-9-8-22-18-27(32(4,29)30)16-12-21(22)17-23/h8-9,17,19-20H,5-7,10-16,18H2,1-4H3. The van der Waals surface area contributed by atoms with Crippen molar-refractivity contribution in [2.75, 3.05) is 43.9 Å². The number of hydrogen-bond acceptors (Lipinski definition) is 5. The van der Waals surface area contributed by atoms with Crippen LogP contribution in [-0.4, -0.2) is 68.8 Å². The first-order valence-electron chi connectivity index (χ1n) is 11.9. The Morgan fingerprint density at radius 1 is 1.19 bits per heavy atom. The Morgan fingerprint density at radius 2 is 1.91 bits per heavy atom. The highest BCUT2D eigenvalue weighted by atomic mass is 32.2. The van der Waals surface area contributed by atoms with E-state index in [-0.39, 0.29) is 12.2 Å². The summed E-state index contributed by atoms with van der Waals surface area (Å²) in [5.74, 6) is 0.669. The van der Waals surface area contributed by atoms with Gasteiger partial charge in [-0.2, -0.15) is 4.31 Å². The highest BCUT2D eigenvalue weighted by Crippen LogP contribution is 2.27. The van der Waals surface area contributed by atoms with Crippen molar-refractivity contribution in [3.8, 4) is 0 Å². The molecule has 2 heterocycles. The number of ether oxygens (including phenoxy) is 1. The summed E-state index contributed by atoms with van der Waals surface area (Å²) >= 11 is 0. The van der Waals surface area contributed by atoms with Crippen LogP contribution in [0.4, 0.5) is 10.5 Å². The number of amides is 1. The van der Waals surface area contributed by atoms with Crippen molar-refractivity contribution in [1.29, 1.82) is 0 Å². The SMILES string of the molecule is CCN(CCCC1CCN(C(=O)OC(C)C)CC1)c1ccc2c(c1)CCN(S(C)(=O)=O)C2. The first kappa shape index (κ1) is 24.8. The molecule has 0 spiro atoms. The van der Waals surface area contributed by atoms with E-state index in [1.54, 1.807) is 4.31 Å². The summed E-state index contributed by atoms with van der Waals surface area (Å²) in [6.07, 6.45) is 6.22. The Balaban J connectivity index is 1.47. The largest absolute Gasteiger partial charge is 0.447 e. The lowest BCUT2D eigenvalue weighted by Gasteiger charge is -2.32. The molecule has 2 aliphatic heterocycles. The minimum absolute atomic E-state index is 0.0672. The van der Waals surface area contributed by atoms with Crippen LogP contribution in [-0.2, 0) is 27.7 Å². The molecule has 0 bridgehead atoms. The van der Waals surface area contributed by atoms with Gasteiger partial charge in [-0.25, -0.2) is 13.2 Å². The Labute approximate surface area is 193 Å². The van der Waals surface area contributed by atoms with Crippen molar-refractivity contribution < 1.29 is 17.9 Å². The molecule has 1 fully saturated rings. The number of carbonyl (C=O) groups is 1. The van der Waals surface area contributed by atoms with E-state index in [2.05, 4.69) is 30.0 Å². The van der Waals surface area contributed by atoms with Crippen LogP contribution in [0.15, 0.2) is 18.2 Å². The van der Waals surface area contributed by atoms with Gasteiger partial charge in [0.1, 0.15) is 0 Å². The lowest BCUT2D eigenvalue weighted by atomic mass is 9.92. The van der Waals surface area contributed by atoms with Crippen molar-refractivity contribution in [3.63, 3.8) is 0 Å². The number of anilines is 1. The molecule has 1 aromatic carbocycles. The average Bonchev–Trinajstić information content (AvgIpc) is 2.75. The minimum atomic E-state index is -3.14. The van der Waals surface area contributed by atoms with E-state index >= 15 is 0 Å². The van der Waals surface area contributed by atoms with Crippen LogP contribution in [0.5, 0.6) is 0 Å². The minimum Gasteiger partial charge on any atom is -0.447 e. The number of likely N-dealkylation sites (tertiary alicyclic amines) is 1. The first-order chi connectivity index (χ1) is 15.2. The van der Waals surface area contributed by atoms with Gasteiger partial charge in [0.05, 0.1) is 12.4 Å². The van der Waals surface area contributed by atoms with Crippen molar-refractivity contribution >= 4 is 21.8 Å². The van der Waals surface area contributed by atoms with Gasteiger partial charge in [0.15, 0.2) is 0 Å². The molecule has 0 atom stereocenters. The Bertz CT molecular complexity index is 879. The van der Waals surface area contributed by atoms with E-state index in [4.69, 9.17) is 4.74 Å². The van der Waals surface area contributed by atoms with Gasteiger partial charge in [0.2, 0.25) is 10.0 Å². The molecule has 1 aromatic rings. The van der Waals surface area contributed by atoms with E-state index in [1.807, 2.05) is 18.7 Å². The molecule has 180 valence electrons. The van der Waals surface area contributed by atoms with Crippen LogP contribution in [0, 0.1) is 5.92 Å². The van der Waals surface area contributed by atoms with E-state index in [0.717, 1.165) is 57.4 Å². The highest BCUT2D eigenvalue weighted by Gasteiger charge is 2.25. The molecule has 1 saturated heterocycles. The van der Waals surface area contributed by atoms with Gasteiger partial charge in [-0.3, -0.25) is 0 Å². The summed E-state index contributed by atoms with van der Waals surface area (Å²) in [4.78, 5) is 16.3. The summed E-state index contributed by atoms with van der Waals surface area (Å²) in [6.45, 7) is 10.5. The summed E-state index contributed by atoms with van der Waals surface area (Å²) in [5, 5.41) is 0. The molecule has 0 saturated carbocycles. The maximum absolute atomic E-state index is 12.0. The van der Waals surface area contributed by atoms with Crippen LogP contribution in [0.2, 0.25) is 0 Å². The summed E-state index contributed by atoms with van der Waals surface area (Å²) in [6, 6.07) is 6.47.